The van der Waals surface area contributed by atoms with Gasteiger partial charge in [0.25, 0.3) is 0 Å². The van der Waals surface area contributed by atoms with E-state index >= 15 is 0 Å². The number of hydrogen-bond donors (Lipinski definition) is 1. The summed E-state index contributed by atoms with van der Waals surface area (Å²) in [6.07, 6.45) is 2.02. The summed E-state index contributed by atoms with van der Waals surface area (Å²) in [4.78, 5) is 4.54. The molecule has 1 heterocycles. The van der Waals surface area contributed by atoms with Crippen molar-refractivity contribution in [2.45, 2.75) is 26.3 Å². The van der Waals surface area contributed by atoms with Gasteiger partial charge in [-0.2, -0.15) is 0 Å². The molecular formula is C13H17N3. The van der Waals surface area contributed by atoms with Gasteiger partial charge in [-0.15, -0.1) is 0 Å². The minimum absolute atomic E-state index is 0.389. The number of aromatic nitrogens is 2. The van der Waals surface area contributed by atoms with Gasteiger partial charge in [0, 0.05) is 24.3 Å². The highest BCUT2D eigenvalue weighted by Gasteiger charge is 2.11. The molecule has 0 bridgehead atoms. The lowest BCUT2D eigenvalue weighted by molar-refractivity contribution is 0.749. The lowest BCUT2D eigenvalue weighted by atomic mass is 10.2. The summed E-state index contributed by atoms with van der Waals surface area (Å²) in [5.74, 6) is 1.45. The predicted molar refractivity (Wildman–Crippen MR) is 65.5 cm³/mol. The fraction of sp³-hybridized carbons (Fsp3) is 0.308. The largest absolute Gasteiger partial charge is 0.325 e. The maximum Gasteiger partial charge on any atom is 0.116 e. The lowest BCUT2D eigenvalue weighted by Crippen LogP contribution is -2.01. The number of rotatable bonds is 3. The standard InChI is InChI=1S/C13H17N3/c1-10(2)13-15-11(8-14)9-16(13)12-6-4-3-5-7-12/h3-7,9-10H,8,14H2,1-2H3. The highest BCUT2D eigenvalue weighted by molar-refractivity contribution is 5.34. The van der Waals surface area contributed by atoms with Gasteiger partial charge in [-0.3, -0.25) is 0 Å². The van der Waals surface area contributed by atoms with Gasteiger partial charge in [-0.1, -0.05) is 32.0 Å². The van der Waals surface area contributed by atoms with Crippen molar-refractivity contribution in [3.8, 4) is 5.69 Å². The van der Waals surface area contributed by atoms with Crippen LogP contribution >= 0.6 is 0 Å². The molecule has 2 N–H and O–H groups in total. The van der Waals surface area contributed by atoms with E-state index in [0.717, 1.165) is 17.2 Å². The van der Waals surface area contributed by atoms with Crippen LogP contribution in [0.5, 0.6) is 0 Å². The van der Waals surface area contributed by atoms with Crippen LogP contribution in [-0.4, -0.2) is 9.55 Å². The third kappa shape index (κ3) is 1.99. The maximum absolute atomic E-state index is 5.63. The Morgan fingerprint density at radius 1 is 1.25 bits per heavy atom. The number of nitrogens with two attached hydrogens (primary N) is 1. The van der Waals surface area contributed by atoms with Gasteiger partial charge >= 0.3 is 0 Å². The average molecular weight is 215 g/mol. The first kappa shape index (κ1) is 10.9. The molecular weight excluding hydrogens is 198 g/mol. The van der Waals surface area contributed by atoms with Crippen LogP contribution < -0.4 is 5.73 Å². The highest BCUT2D eigenvalue weighted by atomic mass is 15.1. The summed E-state index contributed by atoms with van der Waals surface area (Å²) in [6.45, 7) is 4.77. The molecule has 0 radical (unpaired) electrons. The van der Waals surface area contributed by atoms with Crippen LogP contribution in [0.25, 0.3) is 5.69 Å². The smallest absolute Gasteiger partial charge is 0.116 e. The molecule has 84 valence electrons. The van der Waals surface area contributed by atoms with E-state index in [1.165, 1.54) is 0 Å². The SMILES string of the molecule is CC(C)c1nc(CN)cn1-c1ccccc1. The summed E-state index contributed by atoms with van der Waals surface area (Å²) in [7, 11) is 0. The van der Waals surface area contributed by atoms with Gasteiger partial charge in [0.15, 0.2) is 0 Å². The molecule has 1 aromatic carbocycles. The Morgan fingerprint density at radius 3 is 2.50 bits per heavy atom. The molecule has 0 saturated heterocycles. The molecule has 2 rings (SSSR count). The fourth-order valence-electron chi connectivity index (χ4n) is 1.75. The van der Waals surface area contributed by atoms with E-state index in [-0.39, 0.29) is 0 Å². The second-order valence-electron chi connectivity index (χ2n) is 4.15. The van der Waals surface area contributed by atoms with Gasteiger partial charge in [-0.05, 0) is 12.1 Å². The minimum atomic E-state index is 0.389. The van der Waals surface area contributed by atoms with Crippen LogP contribution in [0.4, 0.5) is 0 Å². The molecule has 0 aliphatic carbocycles. The summed E-state index contributed by atoms with van der Waals surface area (Å²) >= 11 is 0. The van der Waals surface area contributed by atoms with Crippen LogP contribution in [0.15, 0.2) is 36.5 Å². The molecule has 0 atom stereocenters. The van der Waals surface area contributed by atoms with Gasteiger partial charge in [0.2, 0.25) is 0 Å². The second-order valence-corrected chi connectivity index (χ2v) is 4.15. The zero-order valence-electron chi connectivity index (χ0n) is 9.72. The van der Waals surface area contributed by atoms with Crippen molar-refractivity contribution in [1.82, 2.24) is 9.55 Å². The molecule has 1 aromatic heterocycles. The number of nitrogens with zero attached hydrogens (tertiary/aromatic N) is 2. The Hall–Kier alpha value is -1.61. The Bertz CT molecular complexity index is 457. The van der Waals surface area contributed by atoms with E-state index in [4.69, 9.17) is 5.73 Å². The van der Waals surface area contributed by atoms with Crippen molar-refractivity contribution in [2.24, 2.45) is 5.73 Å². The Balaban J connectivity index is 2.51. The van der Waals surface area contributed by atoms with Crippen LogP contribution in [-0.2, 0) is 6.54 Å². The van der Waals surface area contributed by atoms with Crippen molar-refractivity contribution >= 4 is 0 Å². The normalized spacial score (nSPS) is 11.0. The van der Waals surface area contributed by atoms with Crippen molar-refractivity contribution in [3.05, 3.63) is 48.0 Å². The fourth-order valence-corrected chi connectivity index (χ4v) is 1.75. The topological polar surface area (TPSA) is 43.8 Å². The van der Waals surface area contributed by atoms with E-state index in [1.807, 2.05) is 24.4 Å². The molecule has 0 saturated carbocycles. The van der Waals surface area contributed by atoms with Crippen molar-refractivity contribution < 1.29 is 0 Å². The molecule has 0 spiro atoms. The van der Waals surface area contributed by atoms with Crippen molar-refractivity contribution in [3.63, 3.8) is 0 Å². The Morgan fingerprint density at radius 2 is 1.94 bits per heavy atom. The van der Waals surface area contributed by atoms with Gasteiger partial charge in [-0.25, -0.2) is 4.98 Å². The molecule has 0 aliphatic rings. The third-order valence-corrected chi connectivity index (χ3v) is 2.54. The first-order valence-electron chi connectivity index (χ1n) is 5.56. The zero-order valence-corrected chi connectivity index (χ0v) is 9.72. The first-order valence-corrected chi connectivity index (χ1v) is 5.56. The maximum atomic E-state index is 5.63. The summed E-state index contributed by atoms with van der Waals surface area (Å²) < 4.78 is 2.12. The van der Waals surface area contributed by atoms with E-state index in [2.05, 4.69) is 35.5 Å². The highest BCUT2D eigenvalue weighted by Crippen LogP contribution is 2.19. The Kier molecular flexibility index (Phi) is 3.06. The van der Waals surface area contributed by atoms with Gasteiger partial charge < -0.3 is 10.3 Å². The van der Waals surface area contributed by atoms with Crippen molar-refractivity contribution in [1.29, 1.82) is 0 Å². The van der Waals surface area contributed by atoms with E-state index in [0.29, 0.717) is 12.5 Å². The molecule has 0 amide bonds. The Labute approximate surface area is 95.9 Å². The number of para-hydroxylation sites is 1. The van der Waals surface area contributed by atoms with E-state index in [9.17, 15) is 0 Å². The molecule has 3 heteroatoms. The molecule has 3 nitrogen and oxygen atoms in total. The monoisotopic (exact) mass is 215 g/mol. The second kappa shape index (κ2) is 4.49. The van der Waals surface area contributed by atoms with Crippen LogP contribution in [0.1, 0.15) is 31.3 Å². The van der Waals surface area contributed by atoms with Crippen LogP contribution in [0.2, 0.25) is 0 Å². The number of benzene rings is 1. The van der Waals surface area contributed by atoms with E-state index < -0.39 is 0 Å². The summed E-state index contributed by atoms with van der Waals surface area (Å²) in [5.41, 5.74) is 7.71. The van der Waals surface area contributed by atoms with Crippen molar-refractivity contribution in [2.75, 3.05) is 0 Å². The van der Waals surface area contributed by atoms with Gasteiger partial charge in [0.1, 0.15) is 5.82 Å². The molecule has 2 aromatic rings. The molecule has 0 fully saturated rings. The minimum Gasteiger partial charge on any atom is -0.325 e. The quantitative estimate of drug-likeness (QED) is 0.854. The van der Waals surface area contributed by atoms with E-state index in [1.54, 1.807) is 0 Å². The van der Waals surface area contributed by atoms with Crippen LogP contribution in [0, 0.1) is 0 Å². The molecule has 16 heavy (non-hydrogen) atoms. The molecule has 0 aliphatic heterocycles. The predicted octanol–water partition coefficient (Wildman–Crippen LogP) is 2.45. The first-order chi connectivity index (χ1) is 7.72. The third-order valence-electron chi connectivity index (χ3n) is 2.54. The lowest BCUT2D eigenvalue weighted by Gasteiger charge is -2.09. The molecule has 0 unspecified atom stereocenters. The summed E-state index contributed by atoms with van der Waals surface area (Å²) in [5, 5.41) is 0. The number of hydrogen-bond acceptors (Lipinski definition) is 2. The van der Waals surface area contributed by atoms with Gasteiger partial charge in [0.05, 0.1) is 5.69 Å². The summed E-state index contributed by atoms with van der Waals surface area (Å²) in [6, 6.07) is 10.2. The zero-order chi connectivity index (χ0) is 11.5. The van der Waals surface area contributed by atoms with Crippen LogP contribution in [0.3, 0.4) is 0 Å². The average Bonchev–Trinajstić information content (AvgIpc) is 2.74. The number of imidazole rings is 1.